The molecule has 0 aliphatic heterocycles. The van der Waals surface area contributed by atoms with Gasteiger partial charge in [-0.05, 0) is 34.2 Å². The minimum Gasteiger partial charge on any atom is -0.480 e. The molecule has 1 aliphatic rings. The first-order valence-electron chi connectivity index (χ1n) is 9.05. The van der Waals surface area contributed by atoms with Gasteiger partial charge in [-0.1, -0.05) is 84.1 Å². The van der Waals surface area contributed by atoms with Crippen LogP contribution < -0.4 is 0 Å². The van der Waals surface area contributed by atoms with Gasteiger partial charge in [0.15, 0.2) is 6.04 Å². The van der Waals surface area contributed by atoms with Gasteiger partial charge in [0.25, 0.3) is 0 Å². The van der Waals surface area contributed by atoms with Crippen LogP contribution in [0.2, 0.25) is 0 Å². The Kier molecular flexibility index (Phi) is 6.55. The molecule has 0 heterocycles. The zero-order chi connectivity index (χ0) is 19.9. The van der Waals surface area contributed by atoms with Crippen LogP contribution in [0.3, 0.4) is 0 Å². The minimum absolute atomic E-state index is 0.181. The number of benzene rings is 3. The van der Waals surface area contributed by atoms with Gasteiger partial charge in [0, 0.05) is 6.42 Å². The molecular weight excluding hydrogens is 354 g/mol. The molecule has 0 saturated carbocycles. The van der Waals surface area contributed by atoms with Gasteiger partial charge < -0.3 is 5.11 Å². The standard InChI is InChI=1S/C13H10.C10H13NO4/c1-3-7-12-10(5-1)9-11-6-2-4-8-13(11)12;1-15-11(14)9(10(12)13)7-8-5-3-2-4-6-8/h1-8H,9H2;2-6,9,14H,7H2,1H3,(H,12,13)/t;9-/m.0/s1. The van der Waals surface area contributed by atoms with Crippen molar-refractivity contribution in [3.63, 3.8) is 0 Å². The van der Waals surface area contributed by atoms with Gasteiger partial charge in [-0.25, -0.2) is 0 Å². The molecule has 4 rings (SSSR count). The fourth-order valence-corrected chi connectivity index (χ4v) is 3.30. The summed E-state index contributed by atoms with van der Waals surface area (Å²) in [6.45, 7) is 0. The Hall–Kier alpha value is -2.99. The second kappa shape index (κ2) is 9.28. The molecule has 28 heavy (non-hydrogen) atoms. The summed E-state index contributed by atoms with van der Waals surface area (Å²) >= 11 is 0. The summed E-state index contributed by atoms with van der Waals surface area (Å²) < 4.78 is 0. The van der Waals surface area contributed by atoms with Gasteiger partial charge in [-0.15, -0.1) is 0 Å². The first kappa shape index (κ1) is 19.8. The second-order valence-electron chi connectivity index (χ2n) is 6.52. The summed E-state index contributed by atoms with van der Waals surface area (Å²) in [6.07, 6.45) is 1.28. The van der Waals surface area contributed by atoms with E-state index in [1.54, 1.807) is 12.1 Å². The number of hydroxylamine groups is 2. The van der Waals surface area contributed by atoms with Gasteiger partial charge in [0.2, 0.25) is 0 Å². The molecule has 5 heteroatoms. The van der Waals surface area contributed by atoms with E-state index < -0.39 is 12.0 Å². The van der Waals surface area contributed by atoms with Crippen LogP contribution in [0.1, 0.15) is 16.7 Å². The molecule has 0 bridgehead atoms. The third kappa shape index (κ3) is 4.64. The normalized spacial score (nSPS) is 12.5. The summed E-state index contributed by atoms with van der Waals surface area (Å²) in [7, 11) is 1.21. The van der Waals surface area contributed by atoms with Crippen LogP contribution in [0.15, 0.2) is 78.9 Å². The van der Waals surface area contributed by atoms with Crippen LogP contribution in [0.5, 0.6) is 0 Å². The predicted octanol–water partition coefficient (Wildman–Crippen LogP) is 4.19. The lowest BCUT2D eigenvalue weighted by molar-refractivity contribution is -0.344. The quantitative estimate of drug-likeness (QED) is 0.510. The van der Waals surface area contributed by atoms with Crippen LogP contribution in [0.4, 0.5) is 0 Å². The summed E-state index contributed by atoms with van der Waals surface area (Å²) in [5.74, 6) is -1.14. The molecule has 1 aliphatic carbocycles. The smallest absolute Gasteiger partial charge is 0.326 e. The van der Waals surface area contributed by atoms with Crippen molar-refractivity contribution in [3.05, 3.63) is 95.6 Å². The molecule has 0 fully saturated rings. The Labute approximate surface area is 164 Å². The van der Waals surface area contributed by atoms with Crippen LogP contribution in [0, 0.1) is 0 Å². The summed E-state index contributed by atoms with van der Waals surface area (Å²) in [5, 5.41) is 18.4. The lowest BCUT2D eigenvalue weighted by atomic mass is 10.1. The maximum atomic E-state index is 10.8. The van der Waals surface area contributed by atoms with Gasteiger partial charge in [0.05, 0.1) is 7.11 Å². The highest BCUT2D eigenvalue weighted by Crippen LogP contribution is 2.35. The third-order valence-corrected chi connectivity index (χ3v) is 4.72. The highest BCUT2D eigenvalue weighted by atomic mass is 16.9. The molecule has 3 aromatic carbocycles. The lowest BCUT2D eigenvalue weighted by Crippen LogP contribution is -2.39. The van der Waals surface area contributed by atoms with Gasteiger partial charge in [0.1, 0.15) is 0 Å². The number of hydrogen-bond donors (Lipinski definition) is 2. The number of carboxylic acids is 1. The van der Waals surface area contributed by atoms with E-state index >= 15 is 0 Å². The monoisotopic (exact) mass is 377 g/mol. The SMILES string of the molecule is CON(O)[C@@H](Cc1ccccc1)C(=O)O.c1ccc2c(c1)Cc1ccccc1-2. The van der Waals surface area contributed by atoms with Crippen molar-refractivity contribution in [2.24, 2.45) is 0 Å². The molecule has 144 valence electrons. The average Bonchev–Trinajstić information content (AvgIpc) is 3.11. The molecule has 0 aromatic heterocycles. The maximum Gasteiger partial charge on any atom is 0.326 e. The van der Waals surface area contributed by atoms with Gasteiger partial charge in [-0.3, -0.25) is 14.8 Å². The number of nitrogens with zero attached hydrogens (tertiary/aromatic N) is 1. The minimum atomic E-state index is -1.14. The Bertz CT molecular complexity index is 883. The molecule has 3 aromatic rings. The molecule has 0 amide bonds. The van der Waals surface area contributed by atoms with Crippen molar-refractivity contribution in [3.8, 4) is 11.1 Å². The van der Waals surface area contributed by atoms with Gasteiger partial charge in [-0.2, -0.15) is 0 Å². The van der Waals surface area contributed by atoms with Crippen molar-refractivity contribution >= 4 is 5.97 Å². The van der Waals surface area contributed by atoms with E-state index in [2.05, 4.69) is 53.4 Å². The first-order chi connectivity index (χ1) is 13.6. The van der Waals surface area contributed by atoms with E-state index in [4.69, 9.17) is 5.11 Å². The van der Waals surface area contributed by atoms with E-state index in [1.165, 1.54) is 29.4 Å². The summed E-state index contributed by atoms with van der Waals surface area (Å²) in [4.78, 5) is 15.3. The van der Waals surface area contributed by atoms with Crippen molar-refractivity contribution in [2.45, 2.75) is 18.9 Å². The Morgan fingerprint density at radius 2 is 1.43 bits per heavy atom. The Morgan fingerprint density at radius 3 is 1.93 bits per heavy atom. The van der Waals surface area contributed by atoms with Crippen LogP contribution in [-0.2, 0) is 22.5 Å². The number of fused-ring (bicyclic) bond motifs is 3. The molecule has 0 unspecified atom stereocenters. The fraction of sp³-hybridized carbons (Fsp3) is 0.174. The zero-order valence-electron chi connectivity index (χ0n) is 15.7. The van der Waals surface area contributed by atoms with E-state index in [1.807, 2.05) is 18.2 Å². The second-order valence-corrected chi connectivity index (χ2v) is 6.52. The number of carboxylic acid groups (broad SMARTS) is 1. The van der Waals surface area contributed by atoms with E-state index in [0.717, 1.165) is 12.0 Å². The summed E-state index contributed by atoms with van der Waals surface area (Å²) in [5.41, 5.74) is 6.57. The zero-order valence-corrected chi connectivity index (χ0v) is 15.7. The van der Waals surface area contributed by atoms with Crippen LogP contribution >= 0.6 is 0 Å². The Balaban J connectivity index is 0.000000162. The fourth-order valence-electron chi connectivity index (χ4n) is 3.30. The van der Waals surface area contributed by atoms with E-state index in [9.17, 15) is 10.0 Å². The number of rotatable bonds is 5. The van der Waals surface area contributed by atoms with Crippen molar-refractivity contribution in [1.82, 2.24) is 5.23 Å². The maximum absolute atomic E-state index is 10.8. The van der Waals surface area contributed by atoms with Crippen LogP contribution in [0.25, 0.3) is 11.1 Å². The van der Waals surface area contributed by atoms with Crippen molar-refractivity contribution in [2.75, 3.05) is 7.11 Å². The molecule has 0 saturated heterocycles. The number of aliphatic carboxylic acids is 1. The Morgan fingerprint density at radius 1 is 0.929 bits per heavy atom. The first-order valence-corrected chi connectivity index (χ1v) is 9.05. The highest BCUT2D eigenvalue weighted by molar-refractivity contribution is 5.76. The molecule has 5 nitrogen and oxygen atoms in total. The van der Waals surface area contributed by atoms with Crippen LogP contribution in [-0.4, -0.2) is 34.7 Å². The largest absolute Gasteiger partial charge is 0.480 e. The molecule has 2 N–H and O–H groups in total. The van der Waals surface area contributed by atoms with Crippen molar-refractivity contribution < 1.29 is 19.9 Å². The highest BCUT2D eigenvalue weighted by Gasteiger charge is 2.25. The topological polar surface area (TPSA) is 70.0 Å². The third-order valence-electron chi connectivity index (χ3n) is 4.72. The number of carbonyl (C=O) groups is 1. The average molecular weight is 377 g/mol. The molecule has 1 atom stereocenters. The van der Waals surface area contributed by atoms with Crippen molar-refractivity contribution in [1.29, 1.82) is 0 Å². The number of hydrogen-bond acceptors (Lipinski definition) is 4. The van der Waals surface area contributed by atoms with E-state index in [-0.39, 0.29) is 6.42 Å². The van der Waals surface area contributed by atoms with E-state index in [0.29, 0.717) is 5.23 Å². The predicted molar refractivity (Wildman–Crippen MR) is 107 cm³/mol. The molecule has 0 radical (unpaired) electrons. The van der Waals surface area contributed by atoms with Gasteiger partial charge >= 0.3 is 5.97 Å². The molecular formula is C23H23NO4. The molecule has 0 spiro atoms. The summed E-state index contributed by atoms with van der Waals surface area (Å²) in [6, 6.07) is 25.2. The lowest BCUT2D eigenvalue weighted by Gasteiger charge is -2.19.